The van der Waals surface area contributed by atoms with Gasteiger partial charge in [0.05, 0.1) is 34.5 Å². The van der Waals surface area contributed by atoms with Crippen molar-refractivity contribution in [1.29, 1.82) is 0 Å². The van der Waals surface area contributed by atoms with E-state index in [0.29, 0.717) is 16.8 Å². The molecule has 4 N–H and O–H groups in total. The summed E-state index contributed by atoms with van der Waals surface area (Å²) in [6.07, 6.45) is 2.17. The van der Waals surface area contributed by atoms with Crippen LogP contribution in [0.3, 0.4) is 0 Å². The number of nitrogens with one attached hydrogen (secondary N) is 1. The molecule has 8 rings (SSSR count). The normalized spacial score (nSPS) is 26.8. The van der Waals surface area contributed by atoms with E-state index in [1.165, 1.54) is 12.1 Å². The maximum Gasteiger partial charge on any atom is 0.339 e. The first kappa shape index (κ1) is 32.0. The lowest BCUT2D eigenvalue weighted by molar-refractivity contribution is -0.138. The van der Waals surface area contributed by atoms with Crippen LogP contribution in [0.2, 0.25) is 0 Å². The van der Waals surface area contributed by atoms with Crippen LogP contribution in [0.5, 0.6) is 11.5 Å². The van der Waals surface area contributed by atoms with Gasteiger partial charge in [-0.05, 0) is 73.2 Å². The van der Waals surface area contributed by atoms with Crippen LogP contribution in [0, 0.1) is 30.6 Å². The summed E-state index contributed by atoms with van der Waals surface area (Å²) in [5.74, 6) is -8.01. The van der Waals surface area contributed by atoms with Gasteiger partial charge in [-0.3, -0.25) is 24.6 Å². The minimum atomic E-state index is -1.47. The number of carboxylic acids is 1. The Kier molecular flexibility index (Phi) is 7.33. The number of imide groups is 2. The van der Waals surface area contributed by atoms with Gasteiger partial charge in [0.1, 0.15) is 17.1 Å². The van der Waals surface area contributed by atoms with Crippen molar-refractivity contribution in [1.82, 2.24) is 5.01 Å². The summed E-state index contributed by atoms with van der Waals surface area (Å²) in [6, 6.07) is 26.5. The number of rotatable bonds is 6. The van der Waals surface area contributed by atoms with E-state index in [1.807, 2.05) is 55.5 Å². The van der Waals surface area contributed by atoms with E-state index in [-0.39, 0.29) is 29.8 Å². The van der Waals surface area contributed by atoms with E-state index in [1.54, 1.807) is 30.3 Å². The number of benzene rings is 4. The first-order valence-electron chi connectivity index (χ1n) is 16.7. The fraction of sp³-hybridized carbons (Fsp3) is 0.225. The number of aromatic hydroxyl groups is 2. The molecule has 256 valence electrons. The van der Waals surface area contributed by atoms with Crippen LogP contribution in [-0.4, -0.2) is 49.9 Å². The lowest BCUT2D eigenvalue weighted by Crippen LogP contribution is -2.53. The van der Waals surface area contributed by atoms with Crippen LogP contribution in [0.4, 0.5) is 11.4 Å². The van der Waals surface area contributed by atoms with Crippen LogP contribution in [0.25, 0.3) is 0 Å². The lowest BCUT2D eigenvalue weighted by atomic mass is 9.49. The predicted octanol–water partition coefficient (Wildman–Crippen LogP) is 5.29. The van der Waals surface area contributed by atoms with Gasteiger partial charge in [0, 0.05) is 12.0 Å². The number of aromatic carboxylic acids is 1. The summed E-state index contributed by atoms with van der Waals surface area (Å²) in [4.78, 5) is 70.7. The Balaban J connectivity index is 1.29. The Morgan fingerprint density at radius 1 is 0.824 bits per heavy atom. The summed E-state index contributed by atoms with van der Waals surface area (Å²) in [5.41, 5.74) is 4.73. The van der Waals surface area contributed by atoms with Crippen molar-refractivity contribution in [3.63, 3.8) is 0 Å². The minimum absolute atomic E-state index is 0.0296. The van der Waals surface area contributed by atoms with E-state index >= 15 is 4.79 Å². The zero-order chi connectivity index (χ0) is 35.8. The number of nitrogens with zero attached hydrogens (tertiary/aromatic N) is 2. The van der Waals surface area contributed by atoms with Gasteiger partial charge in [-0.15, -0.1) is 0 Å². The maximum atomic E-state index is 15.1. The zero-order valence-corrected chi connectivity index (χ0v) is 27.4. The number of hydrazine groups is 1. The Morgan fingerprint density at radius 3 is 2.25 bits per heavy atom. The predicted molar refractivity (Wildman–Crippen MR) is 184 cm³/mol. The van der Waals surface area contributed by atoms with Crippen molar-refractivity contribution in [3.8, 4) is 11.5 Å². The van der Waals surface area contributed by atoms with Crippen LogP contribution >= 0.6 is 0 Å². The molecule has 0 bridgehead atoms. The van der Waals surface area contributed by atoms with Gasteiger partial charge in [-0.2, -0.15) is 5.01 Å². The number of hydrogen-bond acceptors (Lipinski definition) is 8. The first-order valence-corrected chi connectivity index (χ1v) is 16.7. The summed E-state index contributed by atoms with van der Waals surface area (Å²) in [5, 5.41) is 31.6. The number of amides is 4. The molecule has 51 heavy (non-hydrogen) atoms. The number of allylic oxidation sites excluding steroid dienone is 2. The largest absolute Gasteiger partial charge is 0.508 e. The molecular weight excluding hydrogens is 650 g/mol. The van der Waals surface area contributed by atoms with E-state index in [9.17, 15) is 34.5 Å². The molecule has 3 fully saturated rings. The third-order valence-corrected chi connectivity index (χ3v) is 11.1. The van der Waals surface area contributed by atoms with Gasteiger partial charge in [0.15, 0.2) is 0 Å². The number of phenolic OH excluding ortho intramolecular Hbond substituents is 1. The zero-order valence-electron chi connectivity index (χ0n) is 27.4. The molecule has 2 aliphatic carbocycles. The highest BCUT2D eigenvalue weighted by atomic mass is 16.4. The summed E-state index contributed by atoms with van der Waals surface area (Å²) < 4.78 is 0. The quantitative estimate of drug-likeness (QED) is 0.156. The van der Waals surface area contributed by atoms with E-state index < -0.39 is 70.4 Å². The molecule has 2 heterocycles. The molecule has 2 aliphatic heterocycles. The molecule has 2 saturated heterocycles. The fourth-order valence-corrected chi connectivity index (χ4v) is 8.92. The van der Waals surface area contributed by atoms with Crippen molar-refractivity contribution in [3.05, 3.63) is 131 Å². The Morgan fingerprint density at radius 2 is 1.57 bits per heavy atom. The molecule has 6 unspecified atom stereocenters. The molecule has 4 aliphatic rings. The first-order chi connectivity index (χ1) is 24.5. The number of phenols is 2. The average Bonchev–Trinajstić information content (AvgIpc) is 3.50. The van der Waals surface area contributed by atoms with Gasteiger partial charge < -0.3 is 15.3 Å². The highest BCUT2D eigenvalue weighted by molar-refractivity contribution is 6.23. The molecule has 0 aromatic heterocycles. The Labute approximate surface area is 292 Å². The van der Waals surface area contributed by atoms with E-state index in [0.717, 1.165) is 33.2 Å². The monoisotopic (exact) mass is 683 g/mol. The fourth-order valence-electron chi connectivity index (χ4n) is 8.92. The third kappa shape index (κ3) is 4.68. The van der Waals surface area contributed by atoms with Gasteiger partial charge >= 0.3 is 5.97 Å². The summed E-state index contributed by atoms with van der Waals surface area (Å²) >= 11 is 0. The Bertz CT molecular complexity index is 2180. The number of carbonyl (C=O) groups excluding carboxylic acids is 4. The second-order valence-electron chi connectivity index (χ2n) is 13.7. The smallest absolute Gasteiger partial charge is 0.339 e. The van der Waals surface area contributed by atoms with Crippen LogP contribution < -0.4 is 10.3 Å². The minimum Gasteiger partial charge on any atom is -0.508 e. The van der Waals surface area contributed by atoms with Crippen molar-refractivity contribution in [2.45, 2.75) is 31.1 Å². The molecule has 11 heteroatoms. The molecule has 4 aromatic carbocycles. The summed E-state index contributed by atoms with van der Waals surface area (Å²) in [7, 11) is 0. The van der Waals surface area contributed by atoms with Crippen LogP contribution in [0.15, 0.2) is 109 Å². The van der Waals surface area contributed by atoms with Gasteiger partial charge in [-0.25, -0.2) is 9.69 Å². The molecule has 4 aromatic rings. The molecule has 0 radical (unpaired) electrons. The van der Waals surface area contributed by atoms with Crippen molar-refractivity contribution in [2.24, 2.45) is 23.7 Å². The highest BCUT2D eigenvalue weighted by Gasteiger charge is 2.70. The standard InChI is InChI=1S/C40H33N3O8/c1-21-10-12-24(13-11-21)41-43-36(47)31-20-30-27(34(22-6-5-9-26(44)18-22)40(31,39(43)51)23-7-3-2-4-8-23)16-17-29-33(30)37(48)42(35(29)46)25-14-15-28(38(49)50)32(45)19-25/h2-16,18-19,29-31,33-34,41,44-45H,17,20H2,1H3,(H,49,50). The summed E-state index contributed by atoms with van der Waals surface area (Å²) in [6.45, 7) is 1.93. The number of anilines is 2. The maximum absolute atomic E-state index is 15.1. The molecule has 1 saturated carbocycles. The van der Waals surface area contributed by atoms with E-state index in [4.69, 9.17) is 0 Å². The highest BCUT2D eigenvalue weighted by Crippen LogP contribution is 2.64. The van der Waals surface area contributed by atoms with Crippen molar-refractivity contribution < 1.29 is 39.3 Å². The number of fused-ring (bicyclic) bond motifs is 4. The SMILES string of the molecule is Cc1ccc(NN2C(=O)C3CC4C(=CCC5C(=O)N(c6ccc(C(=O)O)c(O)c6)C(=O)C54)C(c4cccc(O)c4)C3(c3ccccc3)C2=O)cc1. The molecule has 4 amide bonds. The van der Waals surface area contributed by atoms with Crippen molar-refractivity contribution >= 4 is 41.0 Å². The van der Waals surface area contributed by atoms with Gasteiger partial charge in [0.2, 0.25) is 11.8 Å². The lowest BCUT2D eigenvalue weighted by Gasteiger charge is -2.50. The topological polar surface area (TPSA) is 165 Å². The number of aryl methyl sites for hydroxylation is 1. The second-order valence-corrected chi connectivity index (χ2v) is 13.7. The third-order valence-electron chi connectivity index (χ3n) is 11.1. The van der Waals surface area contributed by atoms with E-state index in [2.05, 4.69) is 5.43 Å². The second kappa shape index (κ2) is 11.7. The van der Waals surface area contributed by atoms with Crippen LogP contribution in [-0.2, 0) is 24.6 Å². The Hall–Kier alpha value is -6.23. The molecule has 0 spiro atoms. The van der Waals surface area contributed by atoms with Crippen LogP contribution in [0.1, 0.15) is 45.8 Å². The molecule has 11 nitrogen and oxygen atoms in total. The van der Waals surface area contributed by atoms with Crippen molar-refractivity contribution in [2.75, 3.05) is 10.3 Å². The number of hydrogen-bond donors (Lipinski definition) is 4. The number of carbonyl (C=O) groups is 5. The molecule has 6 atom stereocenters. The number of carboxylic acid groups (broad SMARTS) is 1. The molecular formula is C40H33N3O8. The van der Waals surface area contributed by atoms with Gasteiger partial charge in [-0.1, -0.05) is 71.8 Å². The van der Waals surface area contributed by atoms with Gasteiger partial charge in [0.25, 0.3) is 11.8 Å². The average molecular weight is 684 g/mol.